The van der Waals surface area contributed by atoms with Crippen molar-refractivity contribution in [3.63, 3.8) is 0 Å². The third kappa shape index (κ3) is 3.35. The van der Waals surface area contributed by atoms with Gasteiger partial charge in [-0.25, -0.2) is 0 Å². The zero-order chi connectivity index (χ0) is 20.4. The van der Waals surface area contributed by atoms with E-state index < -0.39 is 5.56 Å². The lowest BCUT2D eigenvalue weighted by Gasteiger charge is -2.16. The predicted molar refractivity (Wildman–Crippen MR) is 113 cm³/mol. The van der Waals surface area contributed by atoms with Crippen LogP contribution in [0.25, 0.3) is 10.9 Å². The highest BCUT2D eigenvalue weighted by Gasteiger charge is 2.23. The fourth-order valence-electron chi connectivity index (χ4n) is 3.57. The number of hydrogen-bond acceptors (Lipinski definition) is 3. The highest BCUT2D eigenvalue weighted by Crippen LogP contribution is 2.25. The Kier molecular flexibility index (Phi) is 4.80. The van der Waals surface area contributed by atoms with E-state index in [1.165, 1.54) is 0 Å². The quantitative estimate of drug-likeness (QED) is 0.493. The number of nitriles is 1. The van der Waals surface area contributed by atoms with Crippen molar-refractivity contribution < 1.29 is 4.79 Å². The highest BCUT2D eigenvalue weighted by molar-refractivity contribution is 6.17. The molecule has 0 aliphatic heterocycles. The second-order valence-corrected chi connectivity index (χ2v) is 6.95. The van der Waals surface area contributed by atoms with E-state index >= 15 is 0 Å². The molecular weight excluding hydrogens is 360 g/mol. The SMILES string of the molecule is Cc1ccc2c(c1)c(C(=O)c1ccccc1)c(C#N)c(=O)n2Cc1ccccc1. The lowest BCUT2D eigenvalue weighted by atomic mass is 9.94. The van der Waals surface area contributed by atoms with E-state index in [0.717, 1.165) is 11.1 Å². The number of pyridine rings is 1. The normalized spacial score (nSPS) is 10.6. The van der Waals surface area contributed by atoms with Gasteiger partial charge in [-0.05, 0) is 24.6 Å². The van der Waals surface area contributed by atoms with Crippen LogP contribution in [0.1, 0.15) is 32.6 Å². The zero-order valence-corrected chi connectivity index (χ0v) is 15.9. The van der Waals surface area contributed by atoms with Crippen LogP contribution in [0.2, 0.25) is 0 Å². The molecule has 0 amide bonds. The molecule has 1 aromatic heterocycles. The molecule has 140 valence electrons. The molecule has 4 nitrogen and oxygen atoms in total. The topological polar surface area (TPSA) is 62.9 Å². The van der Waals surface area contributed by atoms with Gasteiger partial charge in [0.1, 0.15) is 11.6 Å². The summed E-state index contributed by atoms with van der Waals surface area (Å²) in [6, 6.07) is 26.0. The number of ketones is 1. The molecule has 0 aliphatic rings. The summed E-state index contributed by atoms with van der Waals surface area (Å²) < 4.78 is 1.57. The second-order valence-electron chi connectivity index (χ2n) is 6.95. The largest absolute Gasteiger partial charge is 0.303 e. The number of hydrogen-bond donors (Lipinski definition) is 0. The first kappa shape index (κ1) is 18.4. The molecule has 0 saturated heterocycles. The van der Waals surface area contributed by atoms with Crippen molar-refractivity contribution >= 4 is 16.7 Å². The number of nitrogens with zero attached hydrogens (tertiary/aromatic N) is 2. The third-order valence-corrected chi connectivity index (χ3v) is 4.98. The van der Waals surface area contributed by atoms with Crippen LogP contribution in [0.3, 0.4) is 0 Å². The van der Waals surface area contributed by atoms with E-state index in [0.29, 0.717) is 23.0 Å². The van der Waals surface area contributed by atoms with Gasteiger partial charge in [0, 0.05) is 10.9 Å². The van der Waals surface area contributed by atoms with Crippen molar-refractivity contribution in [1.29, 1.82) is 5.26 Å². The summed E-state index contributed by atoms with van der Waals surface area (Å²) in [5, 5.41) is 10.4. The number of aryl methyl sites for hydroxylation is 1. The maximum Gasteiger partial charge on any atom is 0.270 e. The van der Waals surface area contributed by atoms with E-state index in [9.17, 15) is 14.9 Å². The van der Waals surface area contributed by atoms with Gasteiger partial charge in [-0.2, -0.15) is 5.26 Å². The smallest absolute Gasteiger partial charge is 0.270 e. The highest BCUT2D eigenvalue weighted by atomic mass is 16.1. The van der Waals surface area contributed by atoms with Crippen LogP contribution >= 0.6 is 0 Å². The first-order valence-electron chi connectivity index (χ1n) is 9.31. The van der Waals surface area contributed by atoms with Gasteiger partial charge in [0.05, 0.1) is 17.6 Å². The predicted octanol–water partition coefficient (Wildman–Crippen LogP) is 4.46. The summed E-state index contributed by atoms with van der Waals surface area (Å²) >= 11 is 0. The molecule has 4 heteroatoms. The molecule has 0 spiro atoms. The molecule has 0 aliphatic carbocycles. The standard InChI is InChI=1S/C25H18N2O2/c1-17-12-13-22-20(14-17)23(24(28)19-10-6-3-7-11-19)21(15-26)25(29)27(22)16-18-8-4-2-5-9-18/h2-14H,16H2,1H3. The van der Waals surface area contributed by atoms with Crippen molar-refractivity contribution in [3.05, 3.63) is 117 Å². The van der Waals surface area contributed by atoms with Crippen LogP contribution in [0.4, 0.5) is 0 Å². The van der Waals surface area contributed by atoms with E-state index in [4.69, 9.17) is 0 Å². The van der Waals surface area contributed by atoms with Crippen LogP contribution < -0.4 is 5.56 Å². The zero-order valence-electron chi connectivity index (χ0n) is 15.9. The van der Waals surface area contributed by atoms with Gasteiger partial charge in [0.15, 0.2) is 5.78 Å². The maximum atomic E-state index is 13.3. The minimum Gasteiger partial charge on any atom is -0.303 e. The molecule has 0 fully saturated rings. The monoisotopic (exact) mass is 378 g/mol. The molecular formula is C25H18N2O2. The minimum atomic E-state index is -0.452. The van der Waals surface area contributed by atoms with Gasteiger partial charge >= 0.3 is 0 Å². The van der Waals surface area contributed by atoms with Crippen molar-refractivity contribution in [3.8, 4) is 6.07 Å². The number of rotatable bonds is 4. The van der Waals surface area contributed by atoms with E-state index in [-0.39, 0.29) is 16.9 Å². The molecule has 0 N–H and O–H groups in total. The number of benzene rings is 3. The van der Waals surface area contributed by atoms with E-state index in [1.54, 1.807) is 28.8 Å². The van der Waals surface area contributed by atoms with Gasteiger partial charge in [-0.15, -0.1) is 0 Å². The summed E-state index contributed by atoms with van der Waals surface area (Å²) in [6.45, 7) is 2.25. The average Bonchev–Trinajstić information content (AvgIpc) is 2.76. The number of fused-ring (bicyclic) bond motifs is 1. The molecule has 0 unspecified atom stereocenters. The maximum absolute atomic E-state index is 13.3. The number of carbonyl (C=O) groups is 1. The van der Waals surface area contributed by atoms with Gasteiger partial charge in [-0.3, -0.25) is 9.59 Å². The first-order valence-corrected chi connectivity index (χ1v) is 9.31. The second kappa shape index (κ2) is 7.57. The molecule has 4 aromatic rings. The van der Waals surface area contributed by atoms with Crippen molar-refractivity contribution in [2.24, 2.45) is 0 Å². The Morgan fingerprint density at radius 2 is 1.62 bits per heavy atom. The summed E-state index contributed by atoms with van der Waals surface area (Å²) in [7, 11) is 0. The first-order chi connectivity index (χ1) is 14.1. The van der Waals surface area contributed by atoms with E-state index in [1.807, 2.05) is 67.6 Å². The minimum absolute atomic E-state index is 0.118. The van der Waals surface area contributed by atoms with Crippen LogP contribution in [-0.4, -0.2) is 10.4 Å². The Morgan fingerprint density at radius 3 is 2.28 bits per heavy atom. The Morgan fingerprint density at radius 1 is 0.966 bits per heavy atom. The number of carbonyl (C=O) groups excluding carboxylic acids is 1. The van der Waals surface area contributed by atoms with Gasteiger partial charge < -0.3 is 4.57 Å². The summed E-state index contributed by atoms with van der Waals surface area (Å²) in [5.41, 5.74) is 2.59. The van der Waals surface area contributed by atoms with Crippen LogP contribution in [0, 0.1) is 18.3 Å². The van der Waals surface area contributed by atoms with Crippen molar-refractivity contribution in [2.75, 3.05) is 0 Å². The van der Waals surface area contributed by atoms with Crippen molar-refractivity contribution in [2.45, 2.75) is 13.5 Å². The Labute approximate surface area is 168 Å². The van der Waals surface area contributed by atoms with Crippen LogP contribution in [0.15, 0.2) is 83.7 Å². The molecule has 1 heterocycles. The lowest BCUT2D eigenvalue weighted by molar-refractivity contribution is 0.104. The van der Waals surface area contributed by atoms with E-state index in [2.05, 4.69) is 0 Å². The van der Waals surface area contributed by atoms with Gasteiger partial charge in [0.2, 0.25) is 0 Å². The Balaban J connectivity index is 2.04. The van der Waals surface area contributed by atoms with Crippen molar-refractivity contribution in [1.82, 2.24) is 4.57 Å². The summed E-state index contributed by atoms with van der Waals surface area (Å²) in [4.78, 5) is 26.5. The Bertz CT molecular complexity index is 1310. The van der Waals surface area contributed by atoms with Gasteiger partial charge in [-0.1, -0.05) is 72.3 Å². The number of aromatic nitrogens is 1. The molecule has 0 radical (unpaired) electrons. The average molecular weight is 378 g/mol. The summed E-state index contributed by atoms with van der Waals surface area (Å²) in [6.07, 6.45) is 0. The molecule has 29 heavy (non-hydrogen) atoms. The van der Waals surface area contributed by atoms with Gasteiger partial charge in [0.25, 0.3) is 5.56 Å². The van der Waals surface area contributed by atoms with Crippen LogP contribution in [-0.2, 0) is 6.54 Å². The Hall–Kier alpha value is -3.97. The lowest BCUT2D eigenvalue weighted by Crippen LogP contribution is -2.27. The molecule has 0 atom stereocenters. The molecule has 0 saturated carbocycles. The molecule has 0 bridgehead atoms. The molecule has 3 aromatic carbocycles. The summed E-state index contributed by atoms with van der Waals surface area (Å²) in [5.74, 6) is -0.318. The third-order valence-electron chi connectivity index (χ3n) is 4.98. The van der Waals surface area contributed by atoms with Crippen LogP contribution in [0.5, 0.6) is 0 Å². The molecule has 4 rings (SSSR count). The fourth-order valence-corrected chi connectivity index (χ4v) is 3.57. The fraction of sp³-hybridized carbons (Fsp3) is 0.0800.